The van der Waals surface area contributed by atoms with Gasteiger partial charge in [0.25, 0.3) is 11.8 Å². The Kier molecular flexibility index (Phi) is 5.62. The van der Waals surface area contributed by atoms with Gasteiger partial charge in [-0.2, -0.15) is 0 Å². The molecule has 9 heteroatoms. The summed E-state index contributed by atoms with van der Waals surface area (Å²) >= 11 is 11.3. The third-order valence-electron chi connectivity index (χ3n) is 4.10. The van der Waals surface area contributed by atoms with Crippen LogP contribution in [0.2, 0.25) is 5.15 Å². The Bertz CT molecular complexity index is 1050. The number of carbonyl (C=O) groups is 2. The molecule has 3 rings (SSSR count). The van der Waals surface area contributed by atoms with Gasteiger partial charge in [0.2, 0.25) is 0 Å². The minimum atomic E-state index is -0.598. The smallest absolute Gasteiger partial charge is 0.265 e. The van der Waals surface area contributed by atoms with Crippen LogP contribution >= 0.6 is 23.8 Å². The second-order valence-electron chi connectivity index (χ2n) is 5.79. The van der Waals surface area contributed by atoms with Crippen molar-refractivity contribution in [2.24, 2.45) is 0 Å². The van der Waals surface area contributed by atoms with Crippen molar-refractivity contribution >= 4 is 57.7 Å². The average molecular weight is 418 g/mol. The largest absolute Gasteiger partial charge is 0.493 e. The number of benzene rings is 1. The number of aromatic nitrogens is 1. The molecule has 1 aromatic heterocycles. The average Bonchev–Trinajstić information content (AvgIpc) is 2.67. The third kappa shape index (κ3) is 3.56. The van der Waals surface area contributed by atoms with Crippen LogP contribution in [0.1, 0.15) is 5.56 Å². The first-order valence-electron chi connectivity index (χ1n) is 8.11. The Morgan fingerprint density at radius 3 is 2.57 bits per heavy atom. The zero-order valence-corrected chi connectivity index (χ0v) is 16.7. The van der Waals surface area contributed by atoms with E-state index in [-0.39, 0.29) is 22.4 Å². The molecule has 0 spiro atoms. The Morgan fingerprint density at radius 2 is 1.93 bits per heavy atom. The molecule has 1 N–H and O–H groups in total. The highest BCUT2D eigenvalue weighted by Crippen LogP contribution is 2.33. The number of fused-ring (bicyclic) bond motifs is 1. The normalized spacial score (nSPS) is 15.8. The molecule has 1 aromatic carbocycles. The fourth-order valence-electron chi connectivity index (χ4n) is 2.74. The number of thiocarbonyl (C=S) groups is 1. The molecule has 0 unspecified atom stereocenters. The molecule has 0 saturated carbocycles. The Balaban J connectivity index is 2.10. The van der Waals surface area contributed by atoms with E-state index in [9.17, 15) is 9.59 Å². The number of ether oxygens (including phenoxy) is 2. The Labute approximate surface area is 171 Å². The molecule has 144 valence electrons. The lowest BCUT2D eigenvalue weighted by Crippen LogP contribution is -2.53. The molecule has 1 saturated heterocycles. The number of hydrogen-bond acceptors (Lipinski definition) is 6. The highest BCUT2D eigenvalue weighted by Gasteiger charge is 2.32. The van der Waals surface area contributed by atoms with E-state index >= 15 is 0 Å². The Morgan fingerprint density at radius 1 is 1.25 bits per heavy atom. The predicted molar refractivity (Wildman–Crippen MR) is 110 cm³/mol. The first-order valence-corrected chi connectivity index (χ1v) is 8.90. The van der Waals surface area contributed by atoms with Crippen molar-refractivity contribution in [3.8, 4) is 11.5 Å². The van der Waals surface area contributed by atoms with Crippen molar-refractivity contribution in [3.05, 3.63) is 47.1 Å². The topological polar surface area (TPSA) is 80.8 Å². The van der Waals surface area contributed by atoms with E-state index in [2.05, 4.69) is 16.9 Å². The molecule has 2 heterocycles. The van der Waals surface area contributed by atoms with Crippen molar-refractivity contribution in [2.75, 3.05) is 20.8 Å². The van der Waals surface area contributed by atoms with Crippen molar-refractivity contribution in [2.45, 2.75) is 0 Å². The SMILES string of the molecule is C=CCN1C(=O)/C(=C/c2cc3cc(OC)c(OC)cc3nc2Cl)C(=O)NC1=S. The molecule has 0 bridgehead atoms. The first kappa shape index (κ1) is 19.8. The van der Waals surface area contributed by atoms with Crippen LogP contribution in [0.15, 0.2) is 36.4 Å². The van der Waals surface area contributed by atoms with Crippen molar-refractivity contribution in [3.63, 3.8) is 0 Å². The van der Waals surface area contributed by atoms with Gasteiger partial charge in [0.1, 0.15) is 10.7 Å². The predicted octanol–water partition coefficient (Wildman–Crippen LogP) is 2.72. The quantitative estimate of drug-likeness (QED) is 0.265. The second kappa shape index (κ2) is 7.95. The maximum atomic E-state index is 12.7. The molecule has 2 amide bonds. The van der Waals surface area contributed by atoms with Crippen LogP contribution in [0.3, 0.4) is 0 Å². The van der Waals surface area contributed by atoms with Gasteiger partial charge in [-0.05, 0) is 30.4 Å². The summed E-state index contributed by atoms with van der Waals surface area (Å²) in [5.41, 5.74) is 0.893. The summed E-state index contributed by atoms with van der Waals surface area (Å²) in [6.07, 6.45) is 2.91. The molecule has 0 aliphatic carbocycles. The van der Waals surface area contributed by atoms with Gasteiger partial charge in [-0.3, -0.25) is 19.8 Å². The van der Waals surface area contributed by atoms with Crippen LogP contribution in [0.4, 0.5) is 0 Å². The highest BCUT2D eigenvalue weighted by atomic mass is 35.5. The highest BCUT2D eigenvalue weighted by molar-refractivity contribution is 7.80. The number of methoxy groups -OCH3 is 2. The lowest BCUT2D eigenvalue weighted by Gasteiger charge is -2.27. The molecule has 2 aromatic rings. The van der Waals surface area contributed by atoms with E-state index in [4.69, 9.17) is 33.3 Å². The molecule has 28 heavy (non-hydrogen) atoms. The van der Waals surface area contributed by atoms with E-state index in [0.717, 1.165) is 0 Å². The fraction of sp³-hybridized carbons (Fsp3) is 0.158. The summed E-state index contributed by atoms with van der Waals surface area (Å²) in [5.74, 6) is -0.0947. The standard InChI is InChI=1S/C19H16ClN3O4S/c1-4-5-23-18(25)12(17(24)22-19(23)28)7-11-6-10-8-14(26-2)15(27-3)9-13(10)21-16(11)20/h4,6-9H,1,5H2,2-3H3,(H,22,24,28)/b12-7+. The molecule has 7 nitrogen and oxygen atoms in total. The zero-order valence-electron chi connectivity index (χ0n) is 15.1. The molecule has 1 fully saturated rings. The number of pyridine rings is 1. The van der Waals surface area contributed by atoms with Crippen LogP contribution in [-0.4, -0.2) is 47.6 Å². The number of rotatable bonds is 5. The summed E-state index contributed by atoms with van der Waals surface area (Å²) in [5, 5.41) is 3.36. The zero-order chi connectivity index (χ0) is 20.4. The molecular weight excluding hydrogens is 402 g/mol. The summed E-state index contributed by atoms with van der Waals surface area (Å²) in [6.45, 7) is 3.77. The Hall–Kier alpha value is -2.97. The maximum Gasteiger partial charge on any atom is 0.265 e. The van der Waals surface area contributed by atoms with Crippen molar-refractivity contribution in [1.29, 1.82) is 0 Å². The fourth-order valence-corrected chi connectivity index (χ4v) is 3.19. The third-order valence-corrected chi connectivity index (χ3v) is 4.72. The molecule has 0 radical (unpaired) electrons. The van der Waals surface area contributed by atoms with Crippen LogP contribution in [0.25, 0.3) is 17.0 Å². The summed E-state index contributed by atoms with van der Waals surface area (Å²) in [4.78, 5) is 30.5. The van der Waals surface area contributed by atoms with Crippen molar-refractivity contribution in [1.82, 2.24) is 15.2 Å². The van der Waals surface area contributed by atoms with Crippen LogP contribution in [0.5, 0.6) is 11.5 Å². The van der Waals surface area contributed by atoms with Crippen molar-refractivity contribution < 1.29 is 19.1 Å². The van der Waals surface area contributed by atoms with E-state index in [1.807, 2.05) is 0 Å². The molecule has 1 aliphatic heterocycles. The van der Waals surface area contributed by atoms with Gasteiger partial charge in [-0.15, -0.1) is 6.58 Å². The minimum absolute atomic E-state index is 0.0339. The van der Waals surface area contributed by atoms with Gasteiger partial charge < -0.3 is 9.47 Å². The lowest BCUT2D eigenvalue weighted by atomic mass is 10.1. The van der Waals surface area contributed by atoms with Gasteiger partial charge in [0.15, 0.2) is 16.6 Å². The maximum absolute atomic E-state index is 12.7. The number of halogens is 1. The van der Waals surface area contributed by atoms with Crippen LogP contribution in [-0.2, 0) is 9.59 Å². The summed E-state index contributed by atoms with van der Waals surface area (Å²) in [7, 11) is 3.05. The van der Waals surface area contributed by atoms with Crippen LogP contribution < -0.4 is 14.8 Å². The van der Waals surface area contributed by atoms with Gasteiger partial charge in [-0.1, -0.05) is 17.7 Å². The molecular formula is C19H16ClN3O4S. The monoisotopic (exact) mass is 417 g/mol. The summed E-state index contributed by atoms with van der Waals surface area (Å²) < 4.78 is 10.6. The number of carbonyl (C=O) groups excluding carboxylic acids is 2. The number of amides is 2. The van der Waals surface area contributed by atoms with E-state index < -0.39 is 11.8 Å². The molecule has 0 atom stereocenters. The minimum Gasteiger partial charge on any atom is -0.493 e. The number of hydrogen-bond donors (Lipinski definition) is 1. The van der Waals surface area contributed by atoms with Gasteiger partial charge in [-0.25, -0.2) is 4.98 Å². The van der Waals surface area contributed by atoms with E-state index in [1.54, 1.807) is 18.2 Å². The van der Waals surface area contributed by atoms with E-state index in [1.165, 1.54) is 31.3 Å². The van der Waals surface area contributed by atoms with E-state index in [0.29, 0.717) is 28.0 Å². The van der Waals surface area contributed by atoms with Gasteiger partial charge in [0.05, 0.1) is 19.7 Å². The van der Waals surface area contributed by atoms with Gasteiger partial charge >= 0.3 is 0 Å². The lowest BCUT2D eigenvalue weighted by molar-refractivity contribution is -0.128. The molecule has 1 aliphatic rings. The number of nitrogens with zero attached hydrogens (tertiary/aromatic N) is 2. The van der Waals surface area contributed by atoms with Crippen LogP contribution in [0, 0.1) is 0 Å². The number of nitrogens with one attached hydrogen (secondary N) is 1. The summed E-state index contributed by atoms with van der Waals surface area (Å²) in [6, 6.07) is 5.14. The first-order chi connectivity index (χ1) is 13.4. The second-order valence-corrected chi connectivity index (χ2v) is 6.53. The van der Waals surface area contributed by atoms with Gasteiger partial charge in [0, 0.05) is 23.6 Å².